The van der Waals surface area contributed by atoms with Crippen molar-refractivity contribution >= 4 is 208 Å². The Hall–Kier alpha value is -4.96. The van der Waals surface area contributed by atoms with Crippen LogP contribution in [-0.4, -0.2) is 129 Å². The molecule has 246 valence electrons. The zero-order chi connectivity index (χ0) is 43.0. The lowest BCUT2D eigenvalue weighted by Gasteiger charge is -2.28. The minimum Gasteiger partial charge on any atom is -0.278 e. The molecule has 60 heavy (non-hydrogen) atoms. The van der Waals surface area contributed by atoms with Gasteiger partial charge in [0.05, 0.1) is 11.0 Å². The van der Waals surface area contributed by atoms with Crippen LogP contribution < -0.4 is 76.5 Å². The van der Waals surface area contributed by atoms with E-state index in [0.717, 1.165) is 32.9 Å². The predicted molar refractivity (Wildman–Crippen MR) is 263 cm³/mol. The molecule has 4 nitrogen and oxygen atoms in total. The molecular weight excluding hydrogens is 712 g/mol. The molecule has 0 saturated heterocycles. The van der Waals surface area contributed by atoms with Gasteiger partial charge >= 0.3 is 0 Å². The third-order valence-corrected chi connectivity index (χ3v) is 12.0. The molecule has 2 aromatic heterocycles. The molecule has 0 N–H and O–H groups in total. The molecule has 18 heteroatoms. The SMILES string of the molecule is [B]c1c([B])c([B])c(-c2nc(-c3c([B])c([B])c(-c4c([B])c([B])c([B])c([B])c4[B])c([B])c3[B])nc(-n3c4ccccc4c4cc5c(cc43)C(C)(C)c3ccccc3-5)n2)c([B])c1[B]. The third kappa shape index (κ3) is 5.54. The van der Waals surface area contributed by atoms with E-state index in [1.54, 1.807) is 0 Å². The number of rotatable bonds is 4. The highest BCUT2D eigenvalue weighted by molar-refractivity contribution is 6.71. The maximum absolute atomic E-state index is 6.89. The van der Waals surface area contributed by atoms with Crippen LogP contribution in [0, 0.1) is 0 Å². The Kier molecular flexibility index (Phi) is 9.47. The van der Waals surface area contributed by atoms with Gasteiger partial charge in [-0.15, -0.1) is 32.8 Å². The highest BCUT2D eigenvalue weighted by atomic mass is 15.2. The van der Waals surface area contributed by atoms with Crippen LogP contribution in [0.15, 0.2) is 60.7 Å². The van der Waals surface area contributed by atoms with E-state index in [9.17, 15) is 0 Å². The minimum absolute atomic E-state index is 0.000644. The molecule has 0 unspecified atom stereocenters. The fourth-order valence-corrected chi connectivity index (χ4v) is 8.62. The molecule has 0 aliphatic heterocycles. The summed E-state index contributed by atoms with van der Waals surface area (Å²) >= 11 is 0. The molecule has 9 rings (SSSR count). The smallest absolute Gasteiger partial charge is 0.238 e. The Morgan fingerprint density at radius 1 is 0.383 bits per heavy atom. The first-order chi connectivity index (χ1) is 28.4. The Balaban J connectivity index is 1.39. The van der Waals surface area contributed by atoms with E-state index in [4.69, 9.17) is 125 Å². The van der Waals surface area contributed by atoms with Gasteiger partial charge in [-0.1, -0.05) is 100 Å². The van der Waals surface area contributed by atoms with Gasteiger partial charge in [0.1, 0.15) is 110 Å². The zero-order valence-electron chi connectivity index (χ0n) is 32.6. The zero-order valence-corrected chi connectivity index (χ0v) is 32.6. The maximum Gasteiger partial charge on any atom is 0.238 e. The monoisotopic (exact) mass is 730 g/mol. The lowest BCUT2D eigenvalue weighted by molar-refractivity contribution is 0.661. The molecule has 0 amide bonds. The van der Waals surface area contributed by atoms with E-state index in [1.807, 2.05) is 34.9 Å². The Labute approximate surface area is 367 Å². The van der Waals surface area contributed by atoms with E-state index in [0.29, 0.717) is 0 Å². The Bertz CT molecular complexity index is 3160. The lowest BCUT2D eigenvalue weighted by atomic mass is 9.56. The topological polar surface area (TPSA) is 43.6 Å². The Morgan fingerprint density at radius 2 is 0.800 bits per heavy atom. The molecule has 1 aliphatic rings. The molecule has 0 saturated carbocycles. The van der Waals surface area contributed by atoms with Crippen molar-refractivity contribution in [1.29, 1.82) is 0 Å². The molecule has 8 aromatic rings. The quantitative estimate of drug-likeness (QED) is 0.170. The lowest BCUT2D eigenvalue weighted by Crippen LogP contribution is -2.57. The van der Waals surface area contributed by atoms with Crippen LogP contribution in [0.4, 0.5) is 0 Å². The van der Waals surface area contributed by atoms with Crippen molar-refractivity contribution in [1.82, 2.24) is 19.5 Å². The minimum atomic E-state index is -0.328. The summed E-state index contributed by atoms with van der Waals surface area (Å²) < 4.78 is 1.92. The van der Waals surface area contributed by atoms with Crippen LogP contribution >= 0.6 is 0 Å². The summed E-state index contributed by atoms with van der Waals surface area (Å²) in [5, 5.41) is 1.89. The van der Waals surface area contributed by atoms with E-state index < -0.39 is 0 Å². The van der Waals surface area contributed by atoms with E-state index in [1.165, 1.54) is 11.1 Å². The summed E-state index contributed by atoms with van der Waals surface area (Å²) in [6.07, 6.45) is 0. The number of hydrogen-bond donors (Lipinski definition) is 0. The fraction of sp³-hybridized carbons (Fsp3) is 0.0714. The van der Waals surface area contributed by atoms with Crippen LogP contribution in [0.2, 0.25) is 0 Å². The van der Waals surface area contributed by atoms with Gasteiger partial charge in [-0.2, -0.15) is 9.97 Å². The number of nitrogens with zero attached hydrogens (tertiary/aromatic N) is 4. The summed E-state index contributed by atoms with van der Waals surface area (Å²) in [5.74, 6) is 0.0467. The highest BCUT2D eigenvalue weighted by Gasteiger charge is 2.36. The normalized spacial score (nSPS) is 12.9. The molecule has 0 bridgehead atoms. The largest absolute Gasteiger partial charge is 0.278 e. The van der Waals surface area contributed by atoms with Crippen molar-refractivity contribution in [3.8, 4) is 51.0 Å². The van der Waals surface area contributed by atoms with Gasteiger partial charge in [0.25, 0.3) is 0 Å². The average molecular weight is 728 g/mol. The van der Waals surface area contributed by atoms with Crippen molar-refractivity contribution in [3.63, 3.8) is 0 Å². The van der Waals surface area contributed by atoms with Crippen molar-refractivity contribution < 1.29 is 0 Å². The predicted octanol–water partition coefficient (Wildman–Crippen LogP) is -6.61. The maximum atomic E-state index is 6.89. The number of fused-ring (bicyclic) bond motifs is 6. The third-order valence-electron chi connectivity index (χ3n) is 12.0. The van der Waals surface area contributed by atoms with E-state index >= 15 is 0 Å². The van der Waals surface area contributed by atoms with Crippen LogP contribution in [0.1, 0.15) is 25.0 Å². The second-order valence-electron chi connectivity index (χ2n) is 15.5. The second kappa shape index (κ2) is 14.0. The van der Waals surface area contributed by atoms with Crippen LogP contribution in [0.5, 0.6) is 0 Å². The van der Waals surface area contributed by atoms with E-state index in [2.05, 4.69) is 44.2 Å². The standard InChI is InChI=1S/C42H16B14N4/c1-42(2)17-9-5-3-7-13(17)15-11-16-14-8-4-6-10-19(14)60(20(16)12-18(15)42)41-58-39(57-40(59-41)24-31(49)35(53)38(56)36(54)32(24)50)23-29(47)25(43)21(26(44)30(23)48)22-27(45)33(51)37(55)34(52)28(22)46/h3-12H,1-2H3. The first-order valence-electron chi connectivity index (χ1n) is 18.6. The van der Waals surface area contributed by atoms with Crippen LogP contribution in [0.3, 0.4) is 0 Å². The number of para-hydroxylation sites is 1. The van der Waals surface area contributed by atoms with Crippen molar-refractivity contribution in [2.24, 2.45) is 0 Å². The summed E-state index contributed by atoms with van der Waals surface area (Å²) in [6.45, 7) is 4.41. The van der Waals surface area contributed by atoms with Gasteiger partial charge in [0.2, 0.25) is 5.95 Å². The van der Waals surface area contributed by atoms with E-state index in [-0.39, 0.29) is 122 Å². The van der Waals surface area contributed by atoms with Crippen LogP contribution in [0.25, 0.3) is 72.8 Å². The van der Waals surface area contributed by atoms with Crippen molar-refractivity contribution in [2.45, 2.75) is 19.3 Å². The molecule has 28 radical (unpaired) electrons. The van der Waals surface area contributed by atoms with Crippen molar-refractivity contribution in [3.05, 3.63) is 71.8 Å². The average Bonchev–Trinajstić information content (AvgIpc) is 3.68. The molecule has 6 aromatic carbocycles. The van der Waals surface area contributed by atoms with Gasteiger partial charge in [-0.05, 0) is 51.6 Å². The second-order valence-corrected chi connectivity index (χ2v) is 15.5. The Morgan fingerprint density at radius 3 is 1.33 bits per heavy atom. The number of hydrogen-bond acceptors (Lipinski definition) is 3. The first-order valence-corrected chi connectivity index (χ1v) is 18.6. The first kappa shape index (κ1) is 40.4. The molecule has 1 aliphatic carbocycles. The van der Waals surface area contributed by atoms with Crippen LogP contribution in [-0.2, 0) is 5.41 Å². The molecular formula is C42H16B14N4. The molecule has 2 heterocycles. The summed E-state index contributed by atoms with van der Waals surface area (Å²) in [5.41, 5.74) is 5.80. The fourth-order valence-electron chi connectivity index (χ4n) is 8.62. The van der Waals surface area contributed by atoms with Gasteiger partial charge in [-0.25, -0.2) is 4.98 Å². The molecule has 0 fully saturated rings. The molecule has 0 spiro atoms. The van der Waals surface area contributed by atoms with Crippen molar-refractivity contribution in [2.75, 3.05) is 0 Å². The van der Waals surface area contributed by atoms with Gasteiger partial charge in [-0.3, -0.25) is 4.57 Å². The number of benzene rings is 6. The van der Waals surface area contributed by atoms with Gasteiger partial charge in [0.15, 0.2) is 11.6 Å². The molecule has 0 atom stereocenters. The number of aromatic nitrogens is 4. The summed E-state index contributed by atoms with van der Waals surface area (Å²) in [7, 11) is 90.9. The summed E-state index contributed by atoms with van der Waals surface area (Å²) in [6, 6.07) is 20.7. The van der Waals surface area contributed by atoms with Gasteiger partial charge in [0, 0.05) is 27.3 Å². The van der Waals surface area contributed by atoms with Gasteiger partial charge < -0.3 is 0 Å². The summed E-state index contributed by atoms with van der Waals surface area (Å²) in [4.78, 5) is 14.9. The highest BCUT2D eigenvalue weighted by Crippen LogP contribution is 2.50.